The zero-order chi connectivity index (χ0) is 14.0. The Labute approximate surface area is 119 Å². The standard InChI is InChI=1S/C12H14BrF2NO2S/c13-10-3-1-2-8(10)7-16-19(17,18)9-4-5-11(14)12(15)6-9/h4-6,8,10,16H,1-3,7H2. The van der Waals surface area contributed by atoms with Crippen molar-refractivity contribution < 1.29 is 17.2 Å². The Hall–Kier alpha value is -0.530. The molecular formula is C12H14BrF2NO2S. The third-order valence-electron chi connectivity index (χ3n) is 3.30. The highest BCUT2D eigenvalue weighted by Gasteiger charge is 2.26. The van der Waals surface area contributed by atoms with Crippen molar-refractivity contribution in [2.45, 2.75) is 29.0 Å². The van der Waals surface area contributed by atoms with Crippen LogP contribution in [0.5, 0.6) is 0 Å². The van der Waals surface area contributed by atoms with E-state index in [1.807, 2.05) is 0 Å². The van der Waals surface area contributed by atoms with E-state index >= 15 is 0 Å². The van der Waals surface area contributed by atoms with E-state index in [-0.39, 0.29) is 10.8 Å². The van der Waals surface area contributed by atoms with E-state index in [9.17, 15) is 17.2 Å². The van der Waals surface area contributed by atoms with E-state index in [0.717, 1.165) is 31.4 Å². The van der Waals surface area contributed by atoms with E-state index in [0.29, 0.717) is 17.4 Å². The largest absolute Gasteiger partial charge is 0.240 e. The summed E-state index contributed by atoms with van der Waals surface area (Å²) in [7, 11) is -3.79. The van der Waals surface area contributed by atoms with Crippen LogP contribution >= 0.6 is 15.9 Å². The van der Waals surface area contributed by atoms with Crippen LogP contribution in [0.3, 0.4) is 0 Å². The molecule has 1 aliphatic carbocycles. The van der Waals surface area contributed by atoms with E-state index < -0.39 is 21.7 Å². The molecule has 3 nitrogen and oxygen atoms in total. The molecular weight excluding hydrogens is 340 g/mol. The molecule has 0 aromatic heterocycles. The first-order valence-electron chi connectivity index (χ1n) is 5.99. The number of benzene rings is 1. The molecule has 1 N–H and O–H groups in total. The van der Waals surface area contributed by atoms with Gasteiger partial charge in [-0.15, -0.1) is 0 Å². The second-order valence-corrected chi connectivity index (χ2v) is 7.58. The maximum atomic E-state index is 13.0. The normalized spacial score (nSPS) is 23.7. The highest BCUT2D eigenvalue weighted by Crippen LogP contribution is 2.31. The molecule has 1 aliphatic rings. The molecule has 0 bridgehead atoms. The van der Waals surface area contributed by atoms with Gasteiger partial charge in [0, 0.05) is 11.4 Å². The molecule has 2 unspecified atom stereocenters. The topological polar surface area (TPSA) is 46.2 Å². The average Bonchev–Trinajstić information content (AvgIpc) is 2.76. The molecule has 106 valence electrons. The van der Waals surface area contributed by atoms with Crippen molar-refractivity contribution in [3.63, 3.8) is 0 Å². The third-order valence-corrected chi connectivity index (χ3v) is 5.93. The number of sulfonamides is 1. The average molecular weight is 354 g/mol. The van der Waals surface area contributed by atoms with Crippen molar-refractivity contribution in [2.24, 2.45) is 5.92 Å². The van der Waals surface area contributed by atoms with Gasteiger partial charge in [0.1, 0.15) is 0 Å². The summed E-state index contributed by atoms with van der Waals surface area (Å²) in [6, 6.07) is 2.56. The van der Waals surface area contributed by atoms with Crippen molar-refractivity contribution in [1.82, 2.24) is 4.72 Å². The number of rotatable bonds is 4. The van der Waals surface area contributed by atoms with Crippen molar-refractivity contribution in [3.8, 4) is 0 Å². The quantitative estimate of drug-likeness (QED) is 0.846. The first-order valence-corrected chi connectivity index (χ1v) is 8.39. The molecule has 0 aliphatic heterocycles. The van der Waals surface area contributed by atoms with Crippen LogP contribution < -0.4 is 4.72 Å². The van der Waals surface area contributed by atoms with Gasteiger partial charge in [-0.2, -0.15) is 0 Å². The highest BCUT2D eigenvalue weighted by molar-refractivity contribution is 9.09. The lowest BCUT2D eigenvalue weighted by Crippen LogP contribution is -2.31. The fourth-order valence-corrected chi connectivity index (χ4v) is 4.05. The fourth-order valence-electron chi connectivity index (χ4n) is 2.17. The van der Waals surface area contributed by atoms with Gasteiger partial charge in [0.15, 0.2) is 11.6 Å². The second kappa shape index (κ2) is 5.85. The molecule has 2 atom stereocenters. The first-order chi connectivity index (χ1) is 8.90. The molecule has 1 fully saturated rings. The van der Waals surface area contributed by atoms with Gasteiger partial charge in [0.2, 0.25) is 10.0 Å². The Bertz CT molecular complexity index is 565. The number of alkyl halides is 1. The van der Waals surface area contributed by atoms with Gasteiger partial charge >= 0.3 is 0 Å². The molecule has 1 saturated carbocycles. The minimum atomic E-state index is -3.79. The van der Waals surface area contributed by atoms with Gasteiger partial charge in [0.05, 0.1) is 4.90 Å². The van der Waals surface area contributed by atoms with Crippen molar-refractivity contribution in [1.29, 1.82) is 0 Å². The molecule has 0 amide bonds. The zero-order valence-electron chi connectivity index (χ0n) is 10.1. The molecule has 1 aromatic rings. The van der Waals surface area contributed by atoms with Crippen LogP contribution in [-0.2, 0) is 10.0 Å². The molecule has 0 heterocycles. The van der Waals surface area contributed by atoms with E-state index in [4.69, 9.17) is 0 Å². The van der Waals surface area contributed by atoms with Gasteiger partial charge in [0.25, 0.3) is 0 Å². The summed E-state index contributed by atoms with van der Waals surface area (Å²) in [4.78, 5) is 0.0515. The summed E-state index contributed by atoms with van der Waals surface area (Å²) in [5.74, 6) is -1.99. The number of hydrogen-bond acceptors (Lipinski definition) is 2. The Morgan fingerprint density at radius 3 is 2.58 bits per heavy atom. The third kappa shape index (κ3) is 3.52. The maximum Gasteiger partial charge on any atom is 0.240 e. The summed E-state index contributed by atoms with van der Waals surface area (Å²) < 4.78 is 52.1. The fraction of sp³-hybridized carbons (Fsp3) is 0.500. The van der Waals surface area contributed by atoms with Crippen LogP contribution in [0.2, 0.25) is 0 Å². The molecule has 7 heteroatoms. The minimum absolute atomic E-state index is 0.236. The van der Waals surface area contributed by atoms with E-state index in [2.05, 4.69) is 20.7 Å². The lowest BCUT2D eigenvalue weighted by atomic mass is 10.1. The van der Waals surface area contributed by atoms with E-state index in [1.165, 1.54) is 0 Å². The second-order valence-electron chi connectivity index (χ2n) is 4.63. The van der Waals surface area contributed by atoms with Crippen molar-refractivity contribution in [2.75, 3.05) is 6.54 Å². The highest BCUT2D eigenvalue weighted by atomic mass is 79.9. The lowest BCUT2D eigenvalue weighted by molar-refractivity contribution is 0.502. The van der Waals surface area contributed by atoms with Crippen LogP contribution in [0.1, 0.15) is 19.3 Å². The predicted octanol–water partition coefficient (Wildman–Crippen LogP) is 2.81. The summed E-state index contributed by atoms with van der Waals surface area (Å²) in [6.45, 7) is 0.303. The Morgan fingerprint density at radius 2 is 2.00 bits per heavy atom. The van der Waals surface area contributed by atoms with Gasteiger partial charge in [-0.1, -0.05) is 22.4 Å². The molecule has 19 heavy (non-hydrogen) atoms. The van der Waals surface area contributed by atoms with Gasteiger partial charge in [-0.05, 0) is 37.0 Å². The minimum Gasteiger partial charge on any atom is -0.211 e. The van der Waals surface area contributed by atoms with Crippen LogP contribution in [-0.4, -0.2) is 19.8 Å². The summed E-state index contributed by atoms with van der Waals surface area (Å²) >= 11 is 3.51. The summed E-state index contributed by atoms with van der Waals surface area (Å²) in [5, 5.41) is 0. The van der Waals surface area contributed by atoms with Gasteiger partial charge < -0.3 is 0 Å². The Kier molecular flexibility index (Phi) is 4.58. The zero-order valence-corrected chi connectivity index (χ0v) is 12.5. The van der Waals surface area contributed by atoms with Crippen LogP contribution in [0.15, 0.2) is 23.1 Å². The molecule has 2 rings (SSSR count). The Morgan fingerprint density at radius 1 is 1.26 bits per heavy atom. The molecule has 0 radical (unpaired) electrons. The number of nitrogens with one attached hydrogen (secondary N) is 1. The summed E-state index contributed by atoms with van der Waals surface area (Å²) in [5.41, 5.74) is 0. The van der Waals surface area contributed by atoms with Crippen LogP contribution in [0.25, 0.3) is 0 Å². The van der Waals surface area contributed by atoms with Gasteiger partial charge in [-0.3, -0.25) is 0 Å². The first kappa shape index (κ1) is 14.9. The number of hydrogen-bond donors (Lipinski definition) is 1. The Balaban J connectivity index is 2.07. The maximum absolute atomic E-state index is 13.0. The van der Waals surface area contributed by atoms with Crippen LogP contribution in [0.4, 0.5) is 8.78 Å². The molecule has 1 aromatic carbocycles. The van der Waals surface area contributed by atoms with Crippen molar-refractivity contribution >= 4 is 26.0 Å². The summed E-state index contributed by atoms with van der Waals surface area (Å²) in [6.07, 6.45) is 3.04. The van der Waals surface area contributed by atoms with Crippen molar-refractivity contribution in [3.05, 3.63) is 29.8 Å². The SMILES string of the molecule is O=S(=O)(NCC1CCCC1Br)c1ccc(F)c(F)c1. The predicted molar refractivity (Wildman–Crippen MR) is 71.6 cm³/mol. The van der Waals surface area contributed by atoms with Gasteiger partial charge in [-0.25, -0.2) is 21.9 Å². The van der Waals surface area contributed by atoms with Crippen LogP contribution in [0, 0.1) is 17.6 Å². The molecule has 0 saturated heterocycles. The van der Waals surface area contributed by atoms with E-state index in [1.54, 1.807) is 0 Å². The molecule has 0 spiro atoms. The smallest absolute Gasteiger partial charge is 0.211 e. The lowest BCUT2D eigenvalue weighted by Gasteiger charge is -2.15. The number of halogens is 3. The monoisotopic (exact) mass is 353 g/mol.